The molecule has 1 aromatic rings. The van der Waals surface area contributed by atoms with Gasteiger partial charge >= 0.3 is 0 Å². The third-order valence-electron chi connectivity index (χ3n) is 4.61. The van der Waals surface area contributed by atoms with Gasteiger partial charge in [0, 0.05) is 19.1 Å². The second-order valence-corrected chi connectivity index (χ2v) is 6.60. The van der Waals surface area contributed by atoms with Crippen LogP contribution in [0.2, 0.25) is 0 Å². The summed E-state index contributed by atoms with van der Waals surface area (Å²) in [5.41, 5.74) is 1.34. The Bertz CT molecular complexity index is 387. The molecule has 0 saturated carbocycles. The molecular formula is C18H30N2O. The highest BCUT2D eigenvalue weighted by Crippen LogP contribution is 2.20. The lowest BCUT2D eigenvalue weighted by atomic mass is 9.94. The molecule has 2 rings (SSSR count). The minimum Gasteiger partial charge on any atom is -0.395 e. The molecule has 1 aromatic carbocycles. The first-order chi connectivity index (χ1) is 10.2. The standard InChI is InChI=1S/C18H30N2O/c1-15(2)18(14-21)20(12-16-6-4-3-5-7-16)13-17-8-10-19-11-9-17/h3-7,15,17-19,21H,8-14H2,1-2H3. The van der Waals surface area contributed by atoms with Crippen LogP contribution in [0.3, 0.4) is 0 Å². The molecule has 2 N–H and O–H groups in total. The van der Waals surface area contributed by atoms with Gasteiger partial charge in [-0.05, 0) is 43.3 Å². The highest BCUT2D eigenvalue weighted by molar-refractivity contribution is 5.14. The number of piperidine rings is 1. The van der Waals surface area contributed by atoms with E-state index < -0.39 is 0 Å². The van der Waals surface area contributed by atoms with Gasteiger partial charge in [0.05, 0.1) is 6.61 Å². The number of nitrogens with one attached hydrogen (secondary N) is 1. The molecule has 0 aliphatic carbocycles. The van der Waals surface area contributed by atoms with E-state index in [9.17, 15) is 5.11 Å². The van der Waals surface area contributed by atoms with Gasteiger partial charge < -0.3 is 10.4 Å². The topological polar surface area (TPSA) is 35.5 Å². The number of aliphatic hydroxyl groups is 1. The fourth-order valence-electron chi connectivity index (χ4n) is 3.28. The van der Waals surface area contributed by atoms with Crippen molar-refractivity contribution in [2.45, 2.75) is 39.3 Å². The van der Waals surface area contributed by atoms with Crippen molar-refractivity contribution in [3.05, 3.63) is 35.9 Å². The average molecular weight is 290 g/mol. The Labute approximate surface area is 129 Å². The van der Waals surface area contributed by atoms with Crippen molar-refractivity contribution in [1.82, 2.24) is 10.2 Å². The Morgan fingerprint density at radius 2 is 1.86 bits per heavy atom. The quantitative estimate of drug-likeness (QED) is 0.810. The Kier molecular flexibility index (Phi) is 6.68. The zero-order chi connectivity index (χ0) is 15.1. The molecule has 0 spiro atoms. The molecule has 1 atom stereocenters. The van der Waals surface area contributed by atoms with Crippen LogP contribution in [0.25, 0.3) is 0 Å². The summed E-state index contributed by atoms with van der Waals surface area (Å²) in [4.78, 5) is 2.50. The van der Waals surface area contributed by atoms with Crippen molar-refractivity contribution in [3.8, 4) is 0 Å². The summed E-state index contributed by atoms with van der Waals surface area (Å²) in [6.45, 7) is 8.97. The van der Waals surface area contributed by atoms with Crippen LogP contribution in [0.1, 0.15) is 32.3 Å². The molecule has 0 amide bonds. The Hall–Kier alpha value is -0.900. The van der Waals surface area contributed by atoms with E-state index in [0.29, 0.717) is 5.92 Å². The third kappa shape index (κ3) is 5.10. The first kappa shape index (κ1) is 16.5. The maximum atomic E-state index is 9.82. The van der Waals surface area contributed by atoms with Crippen LogP contribution in [-0.4, -0.2) is 42.3 Å². The molecular weight excluding hydrogens is 260 g/mol. The number of aliphatic hydroxyl groups excluding tert-OH is 1. The van der Waals surface area contributed by atoms with E-state index in [-0.39, 0.29) is 12.6 Å². The summed E-state index contributed by atoms with van der Waals surface area (Å²) in [6, 6.07) is 10.9. The van der Waals surface area contributed by atoms with E-state index in [4.69, 9.17) is 0 Å². The van der Waals surface area contributed by atoms with Crippen LogP contribution < -0.4 is 5.32 Å². The Morgan fingerprint density at radius 3 is 2.43 bits per heavy atom. The molecule has 0 bridgehead atoms. The molecule has 1 fully saturated rings. The monoisotopic (exact) mass is 290 g/mol. The van der Waals surface area contributed by atoms with Crippen LogP contribution in [0.5, 0.6) is 0 Å². The van der Waals surface area contributed by atoms with Crippen molar-refractivity contribution < 1.29 is 5.11 Å². The number of hydrogen-bond donors (Lipinski definition) is 2. The predicted octanol–water partition coefficient (Wildman–Crippen LogP) is 2.51. The van der Waals surface area contributed by atoms with E-state index in [1.165, 1.54) is 18.4 Å². The van der Waals surface area contributed by atoms with Gasteiger partial charge in [0.15, 0.2) is 0 Å². The normalized spacial score (nSPS) is 18.3. The average Bonchev–Trinajstić information content (AvgIpc) is 2.49. The molecule has 1 saturated heterocycles. The Balaban J connectivity index is 2.05. The maximum absolute atomic E-state index is 9.82. The summed E-state index contributed by atoms with van der Waals surface area (Å²) >= 11 is 0. The fraction of sp³-hybridized carbons (Fsp3) is 0.667. The van der Waals surface area contributed by atoms with E-state index in [1.807, 2.05) is 0 Å². The molecule has 0 radical (unpaired) electrons. The minimum absolute atomic E-state index is 0.246. The van der Waals surface area contributed by atoms with Crippen molar-refractivity contribution >= 4 is 0 Å². The Morgan fingerprint density at radius 1 is 1.19 bits per heavy atom. The predicted molar refractivity (Wildman–Crippen MR) is 88.2 cm³/mol. The third-order valence-corrected chi connectivity index (χ3v) is 4.61. The van der Waals surface area contributed by atoms with Crippen LogP contribution in [0.15, 0.2) is 30.3 Å². The van der Waals surface area contributed by atoms with E-state index >= 15 is 0 Å². The number of rotatable bonds is 7. The van der Waals surface area contributed by atoms with Crippen LogP contribution in [0.4, 0.5) is 0 Å². The molecule has 1 heterocycles. The highest BCUT2D eigenvalue weighted by Gasteiger charge is 2.25. The molecule has 1 aliphatic heterocycles. The zero-order valence-corrected chi connectivity index (χ0v) is 13.5. The van der Waals surface area contributed by atoms with Gasteiger partial charge in [0.25, 0.3) is 0 Å². The summed E-state index contributed by atoms with van der Waals surface area (Å²) < 4.78 is 0. The molecule has 3 nitrogen and oxygen atoms in total. The van der Waals surface area contributed by atoms with Gasteiger partial charge in [0.2, 0.25) is 0 Å². The van der Waals surface area contributed by atoms with Crippen LogP contribution in [0, 0.1) is 11.8 Å². The van der Waals surface area contributed by atoms with Crippen LogP contribution >= 0.6 is 0 Å². The number of nitrogens with zero attached hydrogens (tertiary/aromatic N) is 1. The van der Waals surface area contributed by atoms with Crippen molar-refractivity contribution in [1.29, 1.82) is 0 Å². The second-order valence-electron chi connectivity index (χ2n) is 6.60. The van der Waals surface area contributed by atoms with Gasteiger partial charge in [0.1, 0.15) is 0 Å². The van der Waals surface area contributed by atoms with Crippen molar-refractivity contribution in [3.63, 3.8) is 0 Å². The van der Waals surface area contributed by atoms with Gasteiger partial charge in [-0.25, -0.2) is 0 Å². The summed E-state index contributed by atoms with van der Waals surface area (Å²) in [6.07, 6.45) is 2.50. The number of hydrogen-bond acceptors (Lipinski definition) is 3. The largest absolute Gasteiger partial charge is 0.395 e. The lowest BCUT2D eigenvalue weighted by Gasteiger charge is -2.37. The molecule has 21 heavy (non-hydrogen) atoms. The molecule has 1 unspecified atom stereocenters. The lowest BCUT2D eigenvalue weighted by Crippen LogP contribution is -2.45. The van der Waals surface area contributed by atoms with Crippen molar-refractivity contribution in [2.75, 3.05) is 26.2 Å². The lowest BCUT2D eigenvalue weighted by molar-refractivity contribution is 0.0658. The van der Waals surface area contributed by atoms with E-state index in [0.717, 1.165) is 32.1 Å². The minimum atomic E-state index is 0.246. The molecule has 118 valence electrons. The molecule has 0 aromatic heterocycles. The summed E-state index contributed by atoms with van der Waals surface area (Å²) in [5.74, 6) is 1.23. The first-order valence-corrected chi connectivity index (χ1v) is 8.30. The summed E-state index contributed by atoms with van der Waals surface area (Å²) in [5, 5.41) is 13.3. The highest BCUT2D eigenvalue weighted by atomic mass is 16.3. The first-order valence-electron chi connectivity index (χ1n) is 8.30. The molecule has 3 heteroatoms. The van der Waals surface area contributed by atoms with E-state index in [2.05, 4.69) is 54.4 Å². The smallest absolute Gasteiger partial charge is 0.0589 e. The van der Waals surface area contributed by atoms with Gasteiger partial charge in [-0.2, -0.15) is 0 Å². The zero-order valence-electron chi connectivity index (χ0n) is 13.5. The van der Waals surface area contributed by atoms with E-state index in [1.54, 1.807) is 0 Å². The SMILES string of the molecule is CC(C)C(CO)N(Cc1ccccc1)CC1CCNCC1. The maximum Gasteiger partial charge on any atom is 0.0589 e. The van der Waals surface area contributed by atoms with Gasteiger partial charge in [-0.15, -0.1) is 0 Å². The fourth-order valence-corrected chi connectivity index (χ4v) is 3.28. The van der Waals surface area contributed by atoms with Gasteiger partial charge in [-0.3, -0.25) is 4.90 Å². The second kappa shape index (κ2) is 8.52. The van der Waals surface area contributed by atoms with Crippen molar-refractivity contribution in [2.24, 2.45) is 11.8 Å². The van der Waals surface area contributed by atoms with Crippen LogP contribution in [-0.2, 0) is 6.54 Å². The number of benzene rings is 1. The molecule has 1 aliphatic rings. The van der Waals surface area contributed by atoms with Gasteiger partial charge in [-0.1, -0.05) is 44.2 Å². The summed E-state index contributed by atoms with van der Waals surface area (Å²) in [7, 11) is 0.